The first-order valence-corrected chi connectivity index (χ1v) is 8.28. The van der Waals surface area contributed by atoms with Gasteiger partial charge in [0, 0.05) is 11.3 Å². The number of hydrogen-bond acceptors (Lipinski definition) is 3. The maximum absolute atomic E-state index is 14.4. The third-order valence-corrected chi connectivity index (χ3v) is 4.44. The van der Waals surface area contributed by atoms with Crippen molar-refractivity contribution in [2.24, 2.45) is 5.73 Å². The van der Waals surface area contributed by atoms with E-state index in [0.717, 1.165) is 11.2 Å². The van der Waals surface area contributed by atoms with Gasteiger partial charge in [0.15, 0.2) is 0 Å². The number of nitrogens with two attached hydrogens (primary N) is 1. The van der Waals surface area contributed by atoms with Crippen LogP contribution in [0.5, 0.6) is 5.75 Å². The Labute approximate surface area is 154 Å². The molecule has 6 heteroatoms. The van der Waals surface area contributed by atoms with Crippen LogP contribution in [0.3, 0.4) is 0 Å². The topological polar surface area (TPSA) is 70.1 Å². The van der Waals surface area contributed by atoms with Crippen molar-refractivity contribution in [1.29, 1.82) is 0 Å². The van der Waals surface area contributed by atoms with Crippen molar-refractivity contribution in [3.8, 4) is 22.6 Å². The quantitative estimate of drug-likeness (QED) is 0.598. The van der Waals surface area contributed by atoms with E-state index >= 15 is 0 Å². The SMILES string of the molecule is COc1cccc(F)c1-c1cccc(-n2cnc3cc(C(N)=O)ccc32)c1. The number of ether oxygens (including phenoxy) is 1. The summed E-state index contributed by atoms with van der Waals surface area (Å²) >= 11 is 0. The lowest BCUT2D eigenvalue weighted by atomic mass is 10.0. The number of hydrogen-bond donors (Lipinski definition) is 1. The van der Waals surface area contributed by atoms with Gasteiger partial charge in [-0.25, -0.2) is 9.37 Å². The summed E-state index contributed by atoms with van der Waals surface area (Å²) in [7, 11) is 1.52. The fourth-order valence-electron chi connectivity index (χ4n) is 3.14. The van der Waals surface area contributed by atoms with Crippen LogP contribution in [0.15, 0.2) is 67.0 Å². The Kier molecular flexibility index (Phi) is 4.08. The molecule has 1 amide bonds. The molecule has 0 radical (unpaired) electrons. The van der Waals surface area contributed by atoms with Crippen molar-refractivity contribution in [3.05, 3.63) is 78.4 Å². The number of primary amides is 1. The molecule has 0 spiro atoms. The lowest BCUT2D eigenvalue weighted by Gasteiger charge is -2.12. The fourth-order valence-corrected chi connectivity index (χ4v) is 3.14. The molecule has 2 N–H and O–H groups in total. The summed E-state index contributed by atoms with van der Waals surface area (Å²) in [5, 5.41) is 0. The molecule has 4 rings (SSSR count). The molecule has 5 nitrogen and oxygen atoms in total. The van der Waals surface area contributed by atoms with Gasteiger partial charge in [0.25, 0.3) is 0 Å². The largest absolute Gasteiger partial charge is 0.496 e. The number of rotatable bonds is 4. The molecule has 27 heavy (non-hydrogen) atoms. The molecule has 0 aliphatic carbocycles. The first-order chi connectivity index (χ1) is 13.1. The highest BCUT2D eigenvalue weighted by molar-refractivity contribution is 5.96. The van der Waals surface area contributed by atoms with E-state index in [9.17, 15) is 9.18 Å². The molecule has 4 aromatic rings. The zero-order chi connectivity index (χ0) is 19.0. The monoisotopic (exact) mass is 361 g/mol. The number of fused-ring (bicyclic) bond motifs is 1. The second kappa shape index (κ2) is 6.57. The molecule has 0 atom stereocenters. The number of carbonyl (C=O) groups is 1. The second-order valence-electron chi connectivity index (χ2n) is 6.05. The summed E-state index contributed by atoms with van der Waals surface area (Å²) < 4.78 is 21.6. The lowest BCUT2D eigenvalue weighted by Crippen LogP contribution is -2.10. The number of aromatic nitrogens is 2. The Balaban J connectivity index is 1.85. The van der Waals surface area contributed by atoms with E-state index in [1.165, 1.54) is 13.2 Å². The average Bonchev–Trinajstić information content (AvgIpc) is 3.11. The summed E-state index contributed by atoms with van der Waals surface area (Å²) in [5.74, 6) is -0.387. The third kappa shape index (κ3) is 2.91. The van der Waals surface area contributed by atoms with Crippen LogP contribution in [0.4, 0.5) is 4.39 Å². The van der Waals surface area contributed by atoms with Gasteiger partial charge in [0.1, 0.15) is 17.9 Å². The van der Waals surface area contributed by atoms with E-state index in [1.807, 2.05) is 28.8 Å². The average molecular weight is 361 g/mol. The molecule has 1 heterocycles. The van der Waals surface area contributed by atoms with Gasteiger partial charge in [-0.3, -0.25) is 9.36 Å². The minimum absolute atomic E-state index is 0.354. The maximum atomic E-state index is 14.4. The minimum atomic E-state index is -0.500. The molecule has 0 fully saturated rings. The molecular weight excluding hydrogens is 345 g/mol. The summed E-state index contributed by atoms with van der Waals surface area (Å²) in [6.45, 7) is 0. The predicted octanol–water partition coefficient (Wildman–Crippen LogP) is 3.94. The van der Waals surface area contributed by atoms with Gasteiger partial charge in [-0.05, 0) is 48.0 Å². The van der Waals surface area contributed by atoms with Crippen molar-refractivity contribution in [2.45, 2.75) is 0 Å². The molecule has 0 saturated carbocycles. The van der Waals surface area contributed by atoms with E-state index < -0.39 is 5.91 Å². The van der Waals surface area contributed by atoms with E-state index in [-0.39, 0.29) is 5.82 Å². The van der Waals surface area contributed by atoms with Crippen LogP contribution in [0.2, 0.25) is 0 Å². The zero-order valence-electron chi connectivity index (χ0n) is 14.5. The van der Waals surface area contributed by atoms with Crippen molar-refractivity contribution in [3.63, 3.8) is 0 Å². The number of imidazole rings is 1. The Bertz CT molecular complexity index is 1170. The van der Waals surface area contributed by atoms with Crippen molar-refractivity contribution in [2.75, 3.05) is 7.11 Å². The molecule has 0 aliphatic rings. The van der Waals surface area contributed by atoms with Crippen LogP contribution >= 0.6 is 0 Å². The van der Waals surface area contributed by atoms with E-state index in [2.05, 4.69) is 4.98 Å². The molecule has 0 saturated heterocycles. The van der Waals surface area contributed by atoms with Gasteiger partial charge in [-0.2, -0.15) is 0 Å². The van der Waals surface area contributed by atoms with E-state index in [4.69, 9.17) is 10.5 Å². The third-order valence-electron chi connectivity index (χ3n) is 4.44. The number of benzene rings is 3. The summed E-state index contributed by atoms with van der Waals surface area (Å²) in [4.78, 5) is 15.7. The zero-order valence-corrected chi connectivity index (χ0v) is 14.5. The normalized spacial score (nSPS) is 10.9. The predicted molar refractivity (Wildman–Crippen MR) is 102 cm³/mol. The van der Waals surface area contributed by atoms with Gasteiger partial charge in [-0.15, -0.1) is 0 Å². The summed E-state index contributed by atoms with van der Waals surface area (Å²) in [6, 6.07) is 17.3. The number of halogens is 1. The first kappa shape index (κ1) is 16.8. The van der Waals surface area contributed by atoms with Crippen LogP contribution in [-0.2, 0) is 0 Å². The highest BCUT2D eigenvalue weighted by Crippen LogP contribution is 2.33. The van der Waals surface area contributed by atoms with Crippen LogP contribution in [0.1, 0.15) is 10.4 Å². The molecule has 1 aromatic heterocycles. The molecule has 134 valence electrons. The highest BCUT2D eigenvalue weighted by Gasteiger charge is 2.13. The van der Waals surface area contributed by atoms with Crippen molar-refractivity contribution >= 4 is 16.9 Å². The first-order valence-electron chi connectivity index (χ1n) is 8.28. The second-order valence-corrected chi connectivity index (χ2v) is 6.05. The Hall–Kier alpha value is -3.67. The Morgan fingerprint density at radius 1 is 1.11 bits per heavy atom. The molecular formula is C21H16FN3O2. The van der Waals surface area contributed by atoms with E-state index in [1.54, 1.807) is 36.7 Å². The Morgan fingerprint density at radius 2 is 1.93 bits per heavy atom. The summed E-state index contributed by atoms with van der Waals surface area (Å²) in [5.41, 5.74) is 9.11. The lowest BCUT2D eigenvalue weighted by molar-refractivity contribution is 0.100. The van der Waals surface area contributed by atoms with Gasteiger partial charge in [-0.1, -0.05) is 18.2 Å². The van der Waals surface area contributed by atoms with Crippen molar-refractivity contribution < 1.29 is 13.9 Å². The van der Waals surface area contributed by atoms with Crippen LogP contribution in [0.25, 0.3) is 27.8 Å². The number of amides is 1. The smallest absolute Gasteiger partial charge is 0.248 e. The van der Waals surface area contributed by atoms with Crippen LogP contribution in [0, 0.1) is 5.82 Å². The molecule has 0 aliphatic heterocycles. The maximum Gasteiger partial charge on any atom is 0.248 e. The number of nitrogens with zero attached hydrogens (tertiary/aromatic N) is 2. The number of methoxy groups -OCH3 is 1. The van der Waals surface area contributed by atoms with E-state index in [0.29, 0.717) is 28.0 Å². The van der Waals surface area contributed by atoms with Gasteiger partial charge < -0.3 is 10.5 Å². The Morgan fingerprint density at radius 3 is 2.70 bits per heavy atom. The van der Waals surface area contributed by atoms with Gasteiger partial charge in [0.2, 0.25) is 5.91 Å². The summed E-state index contributed by atoms with van der Waals surface area (Å²) in [6.07, 6.45) is 1.66. The standard InChI is InChI=1S/C21H16FN3O2/c1-27-19-7-3-6-16(22)20(19)13-4-2-5-15(10-13)25-12-24-17-11-14(21(23)26)8-9-18(17)25/h2-12H,1H3,(H2,23,26). The van der Waals surface area contributed by atoms with Gasteiger partial charge in [0.05, 0.1) is 23.7 Å². The van der Waals surface area contributed by atoms with Crippen LogP contribution in [-0.4, -0.2) is 22.6 Å². The minimum Gasteiger partial charge on any atom is -0.496 e. The highest BCUT2D eigenvalue weighted by atomic mass is 19.1. The molecule has 0 unspecified atom stereocenters. The number of carbonyl (C=O) groups excluding carboxylic acids is 1. The fraction of sp³-hybridized carbons (Fsp3) is 0.0476. The van der Waals surface area contributed by atoms with Crippen molar-refractivity contribution in [1.82, 2.24) is 9.55 Å². The van der Waals surface area contributed by atoms with Crippen LogP contribution < -0.4 is 10.5 Å². The molecule has 0 bridgehead atoms. The molecule has 3 aromatic carbocycles. The van der Waals surface area contributed by atoms with Gasteiger partial charge >= 0.3 is 0 Å².